The number of fused-ring (bicyclic) bond motifs is 1. The molecule has 0 radical (unpaired) electrons. The minimum absolute atomic E-state index is 0.599. The van der Waals surface area contributed by atoms with Gasteiger partial charge in [-0.05, 0) is 37.1 Å². The summed E-state index contributed by atoms with van der Waals surface area (Å²) in [6.07, 6.45) is 1.74. The van der Waals surface area contributed by atoms with Crippen molar-refractivity contribution in [1.82, 2.24) is 4.98 Å². The van der Waals surface area contributed by atoms with Crippen LogP contribution in [0.2, 0.25) is 0 Å². The van der Waals surface area contributed by atoms with Crippen molar-refractivity contribution in [1.29, 1.82) is 5.26 Å². The van der Waals surface area contributed by atoms with Crippen LogP contribution in [0.5, 0.6) is 0 Å². The van der Waals surface area contributed by atoms with E-state index in [0.29, 0.717) is 11.5 Å². The van der Waals surface area contributed by atoms with E-state index in [-0.39, 0.29) is 0 Å². The molecular weight excluding hydrogens is 234 g/mol. The fraction of sp³-hybridized carbons (Fsp3) is 0.375. The van der Waals surface area contributed by atoms with E-state index < -0.39 is 0 Å². The van der Waals surface area contributed by atoms with Crippen LogP contribution in [-0.4, -0.2) is 18.1 Å². The van der Waals surface area contributed by atoms with Crippen molar-refractivity contribution in [3.8, 4) is 6.07 Å². The van der Waals surface area contributed by atoms with Gasteiger partial charge in [0.05, 0.1) is 11.1 Å². The number of benzene rings is 1. The maximum absolute atomic E-state index is 9.16. The van der Waals surface area contributed by atoms with Crippen molar-refractivity contribution in [3.05, 3.63) is 36.0 Å². The molecule has 0 saturated carbocycles. The van der Waals surface area contributed by atoms with Gasteiger partial charge in [0, 0.05) is 30.4 Å². The zero-order chi connectivity index (χ0) is 13.8. The number of nitrogens with zero attached hydrogens (tertiary/aromatic N) is 3. The predicted octanol–water partition coefficient (Wildman–Crippen LogP) is 3.59. The van der Waals surface area contributed by atoms with Crippen LogP contribution in [0.4, 0.5) is 5.69 Å². The predicted molar refractivity (Wildman–Crippen MR) is 79.2 cm³/mol. The van der Waals surface area contributed by atoms with Crippen molar-refractivity contribution in [2.45, 2.75) is 20.8 Å². The number of pyridine rings is 1. The molecule has 0 bridgehead atoms. The molecule has 0 amide bonds. The van der Waals surface area contributed by atoms with Gasteiger partial charge in [-0.1, -0.05) is 13.8 Å². The Bertz CT molecular complexity index is 611. The van der Waals surface area contributed by atoms with Gasteiger partial charge >= 0.3 is 0 Å². The van der Waals surface area contributed by atoms with Crippen LogP contribution in [0.15, 0.2) is 30.5 Å². The Morgan fingerprint density at radius 2 is 2.11 bits per heavy atom. The maximum Gasteiger partial charge on any atom is 0.101 e. The number of hydrogen-bond donors (Lipinski definition) is 0. The van der Waals surface area contributed by atoms with Crippen LogP contribution in [0, 0.1) is 17.2 Å². The van der Waals surface area contributed by atoms with E-state index in [0.717, 1.165) is 24.0 Å². The number of aromatic nitrogens is 1. The highest BCUT2D eigenvalue weighted by molar-refractivity contribution is 5.95. The van der Waals surface area contributed by atoms with Crippen LogP contribution >= 0.6 is 0 Å². The van der Waals surface area contributed by atoms with Crippen molar-refractivity contribution < 1.29 is 0 Å². The molecule has 0 unspecified atom stereocenters. The minimum Gasteiger partial charge on any atom is -0.371 e. The summed E-state index contributed by atoms with van der Waals surface area (Å²) in [4.78, 5) is 6.70. The fourth-order valence-electron chi connectivity index (χ4n) is 2.36. The van der Waals surface area contributed by atoms with E-state index in [1.54, 1.807) is 6.20 Å². The molecule has 0 atom stereocenters. The molecule has 98 valence electrons. The highest BCUT2D eigenvalue weighted by atomic mass is 15.1. The molecule has 0 N–H and O–H groups in total. The summed E-state index contributed by atoms with van der Waals surface area (Å²) >= 11 is 0. The molecule has 1 aromatic heterocycles. The standard InChI is InChI=1S/C16H19N3/c1-4-19(11-12(2)3)15-8-7-13(10-17)16-14(15)6-5-9-18-16/h5-9,12H,4,11H2,1-3H3. The Balaban J connectivity index is 2.58. The SMILES string of the molecule is CCN(CC(C)C)c1ccc(C#N)c2ncccc12. The van der Waals surface area contributed by atoms with Crippen molar-refractivity contribution in [3.63, 3.8) is 0 Å². The first-order valence-electron chi connectivity index (χ1n) is 6.70. The third-order valence-electron chi connectivity index (χ3n) is 3.18. The minimum atomic E-state index is 0.599. The lowest BCUT2D eigenvalue weighted by Gasteiger charge is -2.26. The number of rotatable bonds is 4. The average molecular weight is 253 g/mol. The van der Waals surface area contributed by atoms with Crippen LogP contribution < -0.4 is 4.90 Å². The average Bonchev–Trinajstić information content (AvgIpc) is 2.43. The Hall–Kier alpha value is -2.08. The molecule has 3 nitrogen and oxygen atoms in total. The third kappa shape index (κ3) is 2.68. The summed E-state index contributed by atoms with van der Waals surface area (Å²) in [7, 11) is 0. The molecule has 2 aromatic rings. The topological polar surface area (TPSA) is 39.9 Å². The van der Waals surface area contributed by atoms with Crippen molar-refractivity contribution in [2.24, 2.45) is 5.92 Å². The summed E-state index contributed by atoms with van der Waals surface area (Å²) in [5, 5.41) is 10.2. The highest BCUT2D eigenvalue weighted by Gasteiger charge is 2.12. The lowest BCUT2D eigenvalue weighted by Crippen LogP contribution is -2.27. The molecule has 1 aromatic carbocycles. The van der Waals surface area contributed by atoms with Crippen molar-refractivity contribution in [2.75, 3.05) is 18.0 Å². The quantitative estimate of drug-likeness (QED) is 0.836. The van der Waals surface area contributed by atoms with Crippen LogP contribution in [0.25, 0.3) is 10.9 Å². The van der Waals surface area contributed by atoms with Gasteiger partial charge in [0.25, 0.3) is 0 Å². The molecule has 1 heterocycles. The smallest absolute Gasteiger partial charge is 0.101 e. The van der Waals surface area contributed by atoms with Gasteiger partial charge in [0.15, 0.2) is 0 Å². The molecule has 0 fully saturated rings. The molecule has 0 aliphatic rings. The first kappa shape index (κ1) is 13.4. The Morgan fingerprint density at radius 3 is 2.74 bits per heavy atom. The Labute approximate surface area is 114 Å². The molecule has 3 heteroatoms. The van der Waals surface area contributed by atoms with Gasteiger partial charge in [0.2, 0.25) is 0 Å². The second-order valence-corrected chi connectivity index (χ2v) is 5.08. The normalized spacial score (nSPS) is 10.7. The van der Waals surface area contributed by atoms with E-state index in [2.05, 4.69) is 36.7 Å². The van der Waals surface area contributed by atoms with Gasteiger partial charge in [-0.25, -0.2) is 0 Å². The first-order chi connectivity index (χ1) is 9.17. The number of nitriles is 1. The monoisotopic (exact) mass is 253 g/mol. The molecule has 0 spiro atoms. The van der Waals surface area contributed by atoms with Crippen LogP contribution in [0.3, 0.4) is 0 Å². The lowest BCUT2D eigenvalue weighted by atomic mass is 10.1. The van der Waals surface area contributed by atoms with E-state index in [1.807, 2.05) is 24.3 Å². The van der Waals surface area contributed by atoms with Gasteiger partial charge in [-0.15, -0.1) is 0 Å². The Kier molecular flexibility index (Phi) is 4.01. The maximum atomic E-state index is 9.16. The largest absolute Gasteiger partial charge is 0.371 e. The second kappa shape index (κ2) is 5.71. The molecule has 0 saturated heterocycles. The van der Waals surface area contributed by atoms with Gasteiger partial charge in [0.1, 0.15) is 6.07 Å². The summed E-state index contributed by atoms with van der Waals surface area (Å²) in [5.41, 5.74) is 2.60. The fourth-order valence-corrected chi connectivity index (χ4v) is 2.36. The second-order valence-electron chi connectivity index (χ2n) is 5.08. The highest BCUT2D eigenvalue weighted by Crippen LogP contribution is 2.28. The summed E-state index contributed by atoms with van der Waals surface area (Å²) < 4.78 is 0. The number of anilines is 1. The molecule has 2 rings (SSSR count). The molecule has 0 aliphatic carbocycles. The van der Waals surface area contributed by atoms with Crippen LogP contribution in [-0.2, 0) is 0 Å². The van der Waals surface area contributed by atoms with E-state index in [4.69, 9.17) is 5.26 Å². The molecular formula is C16H19N3. The van der Waals surface area contributed by atoms with E-state index in [9.17, 15) is 0 Å². The third-order valence-corrected chi connectivity index (χ3v) is 3.18. The lowest BCUT2D eigenvalue weighted by molar-refractivity contribution is 0.620. The zero-order valence-electron chi connectivity index (χ0n) is 11.7. The molecule has 19 heavy (non-hydrogen) atoms. The summed E-state index contributed by atoms with van der Waals surface area (Å²) in [6.45, 7) is 8.54. The Morgan fingerprint density at radius 1 is 1.32 bits per heavy atom. The van der Waals surface area contributed by atoms with E-state index >= 15 is 0 Å². The summed E-state index contributed by atoms with van der Waals surface area (Å²) in [6, 6.07) is 10.1. The van der Waals surface area contributed by atoms with Crippen molar-refractivity contribution >= 4 is 16.6 Å². The molecule has 0 aliphatic heterocycles. The van der Waals surface area contributed by atoms with Gasteiger partial charge in [-0.2, -0.15) is 5.26 Å². The van der Waals surface area contributed by atoms with Gasteiger partial charge in [-0.3, -0.25) is 4.98 Å². The number of hydrogen-bond acceptors (Lipinski definition) is 3. The van der Waals surface area contributed by atoms with Gasteiger partial charge < -0.3 is 4.90 Å². The van der Waals surface area contributed by atoms with Crippen LogP contribution in [0.1, 0.15) is 26.3 Å². The first-order valence-corrected chi connectivity index (χ1v) is 6.70. The van der Waals surface area contributed by atoms with E-state index in [1.165, 1.54) is 5.69 Å². The summed E-state index contributed by atoms with van der Waals surface area (Å²) in [5.74, 6) is 0.599. The zero-order valence-corrected chi connectivity index (χ0v) is 11.7.